The Labute approximate surface area is 147 Å². The Morgan fingerprint density at radius 3 is 2.75 bits per heavy atom. The van der Waals surface area contributed by atoms with Gasteiger partial charge in [-0.15, -0.1) is 0 Å². The van der Waals surface area contributed by atoms with Crippen LogP contribution in [0.5, 0.6) is 0 Å². The molecular formula is C16H13Cl2FN4O. The molecule has 0 aliphatic carbocycles. The maximum Gasteiger partial charge on any atom is 0.261 e. The van der Waals surface area contributed by atoms with Gasteiger partial charge in [0.05, 0.1) is 16.6 Å². The van der Waals surface area contributed by atoms with Crippen LogP contribution in [0.3, 0.4) is 0 Å². The number of nitrogens with one attached hydrogen (secondary N) is 1. The van der Waals surface area contributed by atoms with Crippen LogP contribution in [0.15, 0.2) is 35.0 Å². The Bertz CT molecular complexity index is 884. The Balaban J connectivity index is 1.97. The van der Waals surface area contributed by atoms with Gasteiger partial charge in [0.2, 0.25) is 0 Å². The summed E-state index contributed by atoms with van der Waals surface area (Å²) >= 11 is 12.2. The van der Waals surface area contributed by atoms with Crippen molar-refractivity contribution in [3.05, 3.63) is 57.7 Å². The number of aromatic nitrogens is 3. The molecule has 0 aliphatic rings. The minimum atomic E-state index is -0.529. The van der Waals surface area contributed by atoms with Gasteiger partial charge in [0.15, 0.2) is 5.82 Å². The van der Waals surface area contributed by atoms with Gasteiger partial charge in [-0.2, -0.15) is 4.98 Å². The van der Waals surface area contributed by atoms with Crippen molar-refractivity contribution in [1.82, 2.24) is 15.1 Å². The third-order valence-electron chi connectivity index (χ3n) is 3.43. The molecule has 1 N–H and O–H groups in total. The van der Waals surface area contributed by atoms with Crippen molar-refractivity contribution in [1.29, 1.82) is 0 Å². The molecule has 24 heavy (non-hydrogen) atoms. The number of rotatable bonds is 4. The fourth-order valence-electron chi connectivity index (χ4n) is 2.32. The number of halogens is 3. The third kappa shape index (κ3) is 3.20. The van der Waals surface area contributed by atoms with Crippen LogP contribution < -0.4 is 5.32 Å². The summed E-state index contributed by atoms with van der Waals surface area (Å²) in [5.41, 5.74) is 1.09. The maximum absolute atomic E-state index is 13.7. The highest BCUT2D eigenvalue weighted by atomic mass is 35.5. The first kappa shape index (κ1) is 16.7. The molecule has 8 heteroatoms. The van der Waals surface area contributed by atoms with Crippen LogP contribution in [0, 0.1) is 12.7 Å². The van der Waals surface area contributed by atoms with Gasteiger partial charge in [-0.3, -0.25) is 0 Å². The zero-order valence-electron chi connectivity index (χ0n) is 12.8. The Hall–Kier alpha value is -2.18. The summed E-state index contributed by atoms with van der Waals surface area (Å²) in [6, 6.07) is 5.86. The number of aryl methyl sites for hydroxylation is 1. The van der Waals surface area contributed by atoms with E-state index in [1.54, 1.807) is 25.3 Å². The molecule has 0 saturated carbocycles. The fourth-order valence-corrected chi connectivity index (χ4v) is 3.01. The third-order valence-corrected chi connectivity index (χ3v) is 4.15. The second kappa shape index (κ2) is 6.75. The molecule has 1 atom stereocenters. The second-order valence-electron chi connectivity index (χ2n) is 5.17. The van der Waals surface area contributed by atoms with Crippen LogP contribution in [-0.4, -0.2) is 15.1 Å². The molecule has 3 aromatic rings. The number of pyridine rings is 1. The highest BCUT2D eigenvalue weighted by Gasteiger charge is 2.20. The molecule has 0 bridgehead atoms. The molecule has 0 saturated heterocycles. The molecule has 5 nitrogen and oxygen atoms in total. The van der Waals surface area contributed by atoms with Crippen LogP contribution in [0.1, 0.15) is 24.4 Å². The van der Waals surface area contributed by atoms with Crippen molar-refractivity contribution in [2.75, 3.05) is 5.32 Å². The van der Waals surface area contributed by atoms with Crippen LogP contribution in [0.25, 0.3) is 11.5 Å². The predicted octanol–water partition coefficient (Wildman–Crippen LogP) is 5.06. The van der Waals surface area contributed by atoms with Crippen LogP contribution in [-0.2, 0) is 0 Å². The number of hydrogen-bond acceptors (Lipinski definition) is 5. The lowest BCUT2D eigenvalue weighted by Crippen LogP contribution is -2.10. The van der Waals surface area contributed by atoms with Gasteiger partial charge in [-0.1, -0.05) is 28.4 Å². The van der Waals surface area contributed by atoms with Crippen LogP contribution in [0.4, 0.5) is 10.2 Å². The molecule has 2 heterocycles. The molecule has 2 aromatic heterocycles. The normalized spacial score (nSPS) is 12.2. The molecule has 0 fully saturated rings. The molecule has 1 unspecified atom stereocenters. The van der Waals surface area contributed by atoms with E-state index in [1.807, 2.05) is 6.92 Å². The number of benzene rings is 1. The lowest BCUT2D eigenvalue weighted by Gasteiger charge is -2.19. The lowest BCUT2D eigenvalue weighted by molar-refractivity contribution is 0.425. The van der Waals surface area contributed by atoms with Gasteiger partial charge in [-0.25, -0.2) is 9.37 Å². The van der Waals surface area contributed by atoms with Crippen molar-refractivity contribution < 1.29 is 8.91 Å². The van der Waals surface area contributed by atoms with Crippen LogP contribution >= 0.6 is 23.2 Å². The SMILES string of the molecule is Cc1noc(-c2cccnc2NC(C)c2c(Cl)ccc(F)c2Cl)n1. The topological polar surface area (TPSA) is 63.8 Å². The van der Waals surface area contributed by atoms with Crippen molar-refractivity contribution in [2.45, 2.75) is 19.9 Å². The monoisotopic (exact) mass is 366 g/mol. The van der Waals surface area contributed by atoms with Gasteiger partial charge in [-0.05, 0) is 38.1 Å². The van der Waals surface area contributed by atoms with E-state index < -0.39 is 11.9 Å². The van der Waals surface area contributed by atoms with Gasteiger partial charge >= 0.3 is 0 Å². The molecule has 0 aliphatic heterocycles. The summed E-state index contributed by atoms with van der Waals surface area (Å²) in [7, 11) is 0. The first-order valence-corrected chi connectivity index (χ1v) is 7.88. The molecule has 1 aromatic carbocycles. The molecule has 0 amide bonds. The van der Waals surface area contributed by atoms with E-state index in [-0.39, 0.29) is 5.02 Å². The standard InChI is InChI=1S/C16H13Cl2FN4O/c1-8(13-11(17)5-6-12(19)14(13)18)21-15-10(4-3-7-20-15)16-22-9(2)23-24-16/h3-8H,1-2H3,(H,20,21). The minimum absolute atomic E-state index is 0.0198. The summed E-state index contributed by atoms with van der Waals surface area (Å²) in [5.74, 6) is 0.833. The fraction of sp³-hybridized carbons (Fsp3) is 0.188. The molecule has 0 radical (unpaired) electrons. The minimum Gasteiger partial charge on any atom is -0.363 e. The van der Waals surface area contributed by atoms with Gasteiger partial charge < -0.3 is 9.84 Å². The zero-order valence-corrected chi connectivity index (χ0v) is 14.4. The van der Waals surface area contributed by atoms with Gasteiger partial charge in [0.1, 0.15) is 11.6 Å². The quantitative estimate of drug-likeness (QED) is 0.653. The summed E-state index contributed by atoms with van der Waals surface area (Å²) in [6.07, 6.45) is 1.62. The highest BCUT2D eigenvalue weighted by molar-refractivity contribution is 6.36. The molecule has 0 spiro atoms. The average Bonchev–Trinajstić information content (AvgIpc) is 2.98. The Morgan fingerprint density at radius 2 is 2.04 bits per heavy atom. The molecule has 124 valence electrons. The second-order valence-corrected chi connectivity index (χ2v) is 5.95. The first-order valence-electron chi connectivity index (χ1n) is 7.13. The number of anilines is 1. The predicted molar refractivity (Wildman–Crippen MR) is 90.7 cm³/mol. The number of hydrogen-bond donors (Lipinski definition) is 1. The largest absolute Gasteiger partial charge is 0.363 e. The average molecular weight is 367 g/mol. The Kier molecular flexibility index (Phi) is 4.69. The van der Waals surface area contributed by atoms with Gasteiger partial charge in [0.25, 0.3) is 5.89 Å². The van der Waals surface area contributed by atoms with Gasteiger partial charge in [0, 0.05) is 16.8 Å². The van der Waals surface area contributed by atoms with E-state index in [0.717, 1.165) is 0 Å². The van der Waals surface area contributed by atoms with E-state index in [0.29, 0.717) is 33.7 Å². The van der Waals surface area contributed by atoms with Crippen molar-refractivity contribution >= 4 is 29.0 Å². The summed E-state index contributed by atoms with van der Waals surface area (Å²) in [5, 5.41) is 7.30. The van der Waals surface area contributed by atoms with E-state index in [2.05, 4.69) is 20.4 Å². The molecule has 3 rings (SSSR count). The maximum atomic E-state index is 13.7. The summed E-state index contributed by atoms with van der Waals surface area (Å²) in [4.78, 5) is 8.49. The van der Waals surface area contributed by atoms with E-state index in [1.165, 1.54) is 12.1 Å². The van der Waals surface area contributed by atoms with E-state index in [9.17, 15) is 4.39 Å². The lowest BCUT2D eigenvalue weighted by atomic mass is 10.1. The van der Waals surface area contributed by atoms with Crippen molar-refractivity contribution in [3.63, 3.8) is 0 Å². The van der Waals surface area contributed by atoms with E-state index in [4.69, 9.17) is 27.7 Å². The van der Waals surface area contributed by atoms with Crippen LogP contribution in [0.2, 0.25) is 10.0 Å². The molecular weight excluding hydrogens is 354 g/mol. The number of nitrogens with zero attached hydrogens (tertiary/aromatic N) is 3. The smallest absolute Gasteiger partial charge is 0.261 e. The first-order chi connectivity index (χ1) is 11.5. The van der Waals surface area contributed by atoms with Crippen molar-refractivity contribution in [2.24, 2.45) is 0 Å². The summed E-state index contributed by atoms with van der Waals surface area (Å²) < 4.78 is 18.9. The van der Waals surface area contributed by atoms with Crippen molar-refractivity contribution in [3.8, 4) is 11.5 Å². The Morgan fingerprint density at radius 1 is 1.25 bits per heavy atom. The zero-order chi connectivity index (χ0) is 17.3. The summed E-state index contributed by atoms with van der Waals surface area (Å²) in [6.45, 7) is 3.54. The van der Waals surface area contributed by atoms with E-state index >= 15 is 0 Å². The highest BCUT2D eigenvalue weighted by Crippen LogP contribution is 2.35.